The fourth-order valence-electron chi connectivity index (χ4n) is 8.51. The SMILES string of the molecule is CC(C)(C)C1=CCC(N(c2ccc(/C=C/C3=CC=C(/C=C/c4ccc(N(c5ccc(C(C)(C)C)cc5)c5ccc(C(C)(C)C)cc5)cc4)CC3)cc2)c2ccc(C(C)(C)C)cc2)C=C1. The van der Waals surface area contributed by atoms with Gasteiger partial charge in [0, 0.05) is 28.4 Å². The molecule has 1 atom stereocenters. The van der Waals surface area contributed by atoms with Gasteiger partial charge in [0.2, 0.25) is 0 Å². The molecule has 0 bridgehead atoms. The number of hydrogen-bond donors (Lipinski definition) is 0. The van der Waals surface area contributed by atoms with Gasteiger partial charge in [-0.2, -0.15) is 0 Å². The van der Waals surface area contributed by atoms with E-state index in [1.165, 1.54) is 55.9 Å². The zero-order chi connectivity index (χ0) is 45.9. The molecular formula is C62H72N2. The van der Waals surface area contributed by atoms with Gasteiger partial charge in [-0.3, -0.25) is 0 Å². The van der Waals surface area contributed by atoms with Gasteiger partial charge in [-0.05, 0) is 146 Å². The van der Waals surface area contributed by atoms with Crippen LogP contribution in [0.1, 0.15) is 130 Å². The number of rotatable bonds is 10. The van der Waals surface area contributed by atoms with E-state index in [4.69, 9.17) is 0 Å². The Hall–Kier alpha value is -5.86. The second kappa shape index (κ2) is 18.7. The topological polar surface area (TPSA) is 6.48 Å². The third-order valence-corrected chi connectivity index (χ3v) is 12.8. The largest absolute Gasteiger partial charge is 0.334 e. The maximum Gasteiger partial charge on any atom is 0.0560 e. The van der Waals surface area contributed by atoms with Gasteiger partial charge in [0.25, 0.3) is 0 Å². The summed E-state index contributed by atoms with van der Waals surface area (Å²) in [5, 5.41) is 0. The lowest BCUT2D eigenvalue weighted by Crippen LogP contribution is -2.31. The second-order valence-corrected chi connectivity index (χ2v) is 22.0. The third kappa shape index (κ3) is 11.4. The summed E-state index contributed by atoms with van der Waals surface area (Å²) in [7, 11) is 0. The highest BCUT2D eigenvalue weighted by Crippen LogP contribution is 2.39. The van der Waals surface area contributed by atoms with Crippen molar-refractivity contribution in [3.8, 4) is 0 Å². The molecule has 0 aromatic heterocycles. The van der Waals surface area contributed by atoms with Gasteiger partial charge in [-0.15, -0.1) is 0 Å². The highest BCUT2D eigenvalue weighted by molar-refractivity contribution is 5.77. The lowest BCUT2D eigenvalue weighted by molar-refractivity contribution is 0.510. The van der Waals surface area contributed by atoms with E-state index in [0.717, 1.165) is 36.3 Å². The molecule has 0 saturated carbocycles. The van der Waals surface area contributed by atoms with Crippen molar-refractivity contribution in [3.63, 3.8) is 0 Å². The molecule has 2 heteroatoms. The molecule has 0 saturated heterocycles. The van der Waals surface area contributed by atoms with Gasteiger partial charge in [-0.25, -0.2) is 0 Å². The minimum atomic E-state index is 0.104. The van der Waals surface area contributed by atoms with E-state index in [2.05, 4.69) is 269 Å². The van der Waals surface area contributed by atoms with Crippen LogP contribution in [0.5, 0.6) is 0 Å². The molecule has 0 fully saturated rings. The molecule has 2 nitrogen and oxygen atoms in total. The summed E-state index contributed by atoms with van der Waals surface area (Å²) in [6, 6.07) is 45.6. The van der Waals surface area contributed by atoms with Crippen LogP contribution < -0.4 is 9.80 Å². The third-order valence-electron chi connectivity index (χ3n) is 12.8. The van der Waals surface area contributed by atoms with E-state index in [-0.39, 0.29) is 27.7 Å². The summed E-state index contributed by atoms with van der Waals surface area (Å²) < 4.78 is 0. The minimum Gasteiger partial charge on any atom is -0.334 e. The van der Waals surface area contributed by atoms with Gasteiger partial charge in [0.05, 0.1) is 6.04 Å². The van der Waals surface area contributed by atoms with Gasteiger partial charge in [0.1, 0.15) is 0 Å². The quantitative estimate of drug-likeness (QED) is 0.138. The van der Waals surface area contributed by atoms with Crippen molar-refractivity contribution >= 4 is 40.6 Å². The van der Waals surface area contributed by atoms with Crippen LogP contribution in [-0.4, -0.2) is 6.04 Å². The van der Waals surface area contributed by atoms with E-state index < -0.39 is 0 Å². The predicted octanol–water partition coefficient (Wildman–Crippen LogP) is 17.9. The highest BCUT2D eigenvalue weighted by atomic mass is 15.2. The summed E-state index contributed by atoms with van der Waals surface area (Å²) in [4.78, 5) is 4.86. The Kier molecular flexibility index (Phi) is 13.5. The summed E-state index contributed by atoms with van der Waals surface area (Å²) in [6.07, 6.45) is 23.8. The highest BCUT2D eigenvalue weighted by Gasteiger charge is 2.25. The number of hydrogen-bond acceptors (Lipinski definition) is 2. The van der Waals surface area contributed by atoms with E-state index in [9.17, 15) is 0 Å². The van der Waals surface area contributed by atoms with E-state index in [1.807, 2.05) is 0 Å². The maximum absolute atomic E-state index is 2.50. The zero-order valence-corrected chi connectivity index (χ0v) is 40.8. The molecule has 2 aliphatic rings. The molecular weight excluding hydrogens is 773 g/mol. The fourth-order valence-corrected chi connectivity index (χ4v) is 8.51. The maximum atomic E-state index is 2.50. The van der Waals surface area contributed by atoms with Crippen LogP contribution in [0.25, 0.3) is 12.2 Å². The number of benzene rings is 5. The van der Waals surface area contributed by atoms with Crippen molar-refractivity contribution in [2.75, 3.05) is 9.80 Å². The number of allylic oxidation sites excluding steroid dienone is 8. The van der Waals surface area contributed by atoms with Crippen LogP contribution in [0.15, 0.2) is 181 Å². The summed E-state index contributed by atoms with van der Waals surface area (Å²) >= 11 is 0. The van der Waals surface area contributed by atoms with Crippen molar-refractivity contribution in [1.82, 2.24) is 0 Å². The van der Waals surface area contributed by atoms with E-state index in [1.54, 1.807) is 0 Å². The van der Waals surface area contributed by atoms with Crippen molar-refractivity contribution in [2.24, 2.45) is 5.41 Å². The lowest BCUT2D eigenvalue weighted by Gasteiger charge is -2.35. The van der Waals surface area contributed by atoms with Crippen molar-refractivity contribution in [1.29, 1.82) is 0 Å². The van der Waals surface area contributed by atoms with E-state index in [0.29, 0.717) is 0 Å². The summed E-state index contributed by atoms with van der Waals surface area (Å²) in [5.41, 5.74) is 16.9. The molecule has 1 unspecified atom stereocenters. The predicted molar refractivity (Wildman–Crippen MR) is 281 cm³/mol. The summed E-state index contributed by atoms with van der Waals surface area (Å²) in [6.45, 7) is 27.3. The average Bonchev–Trinajstić information content (AvgIpc) is 3.26. The van der Waals surface area contributed by atoms with Gasteiger partial charge >= 0.3 is 0 Å². The number of nitrogens with zero attached hydrogens (tertiary/aromatic N) is 2. The normalized spacial score (nSPS) is 16.2. The lowest BCUT2D eigenvalue weighted by atomic mass is 9.82. The molecule has 0 N–H and O–H groups in total. The van der Waals surface area contributed by atoms with Crippen molar-refractivity contribution < 1.29 is 0 Å². The molecule has 0 heterocycles. The Bertz CT molecular complexity index is 2480. The summed E-state index contributed by atoms with van der Waals surface area (Å²) in [5.74, 6) is 0. The van der Waals surface area contributed by atoms with E-state index >= 15 is 0 Å². The molecule has 0 amide bonds. The first-order valence-corrected chi connectivity index (χ1v) is 23.5. The number of anilines is 5. The minimum absolute atomic E-state index is 0.104. The van der Waals surface area contributed by atoms with Crippen LogP contribution in [0.3, 0.4) is 0 Å². The molecule has 0 spiro atoms. The molecule has 7 rings (SSSR count). The molecule has 0 aliphatic heterocycles. The van der Waals surface area contributed by atoms with Crippen LogP contribution in [-0.2, 0) is 16.2 Å². The molecule has 0 radical (unpaired) electrons. The van der Waals surface area contributed by atoms with Crippen LogP contribution in [0.2, 0.25) is 0 Å². The van der Waals surface area contributed by atoms with Crippen molar-refractivity contribution in [3.05, 3.63) is 208 Å². The Labute approximate surface area is 387 Å². The molecule has 330 valence electrons. The van der Waals surface area contributed by atoms with Crippen LogP contribution in [0, 0.1) is 5.41 Å². The Balaban J connectivity index is 1.03. The molecule has 5 aromatic carbocycles. The Morgan fingerprint density at radius 3 is 1.06 bits per heavy atom. The van der Waals surface area contributed by atoms with Crippen molar-refractivity contribution in [2.45, 2.75) is 125 Å². The fraction of sp³-hybridized carbons (Fsp3) is 0.323. The second-order valence-electron chi connectivity index (χ2n) is 22.0. The van der Waals surface area contributed by atoms with Gasteiger partial charge in [0.15, 0.2) is 0 Å². The van der Waals surface area contributed by atoms with Gasteiger partial charge in [-0.1, -0.05) is 198 Å². The first-order chi connectivity index (χ1) is 30.2. The first-order valence-electron chi connectivity index (χ1n) is 23.5. The zero-order valence-electron chi connectivity index (χ0n) is 40.8. The van der Waals surface area contributed by atoms with Crippen LogP contribution >= 0.6 is 0 Å². The Morgan fingerprint density at radius 1 is 0.406 bits per heavy atom. The Morgan fingerprint density at radius 2 is 0.750 bits per heavy atom. The molecule has 2 aliphatic carbocycles. The standard InChI is InChI=1S/C62H72N2/c1-59(2,3)49-25-37-55(38-26-49)63(56-39-27-50(28-40-56)60(4,5)6)53-33-21-47(22-34-53)19-17-45-13-15-46(16-14-45)18-20-48-23-35-54(36-24-48)64(57-41-29-51(30-42-57)61(7,8)9)58-43-31-52(32-44-58)62(10,11)12/h13,15,17-43,58H,14,16,44H2,1-12H3/b19-17+,20-18+. The van der Waals surface area contributed by atoms with Gasteiger partial charge < -0.3 is 9.80 Å². The smallest absolute Gasteiger partial charge is 0.0560 e. The monoisotopic (exact) mass is 845 g/mol. The first kappa shape index (κ1) is 46.1. The molecule has 64 heavy (non-hydrogen) atoms. The molecule has 5 aromatic rings. The average molecular weight is 845 g/mol. The van der Waals surface area contributed by atoms with Crippen LogP contribution in [0.4, 0.5) is 28.4 Å².